The van der Waals surface area contributed by atoms with Crippen molar-refractivity contribution in [3.8, 4) is 0 Å². The van der Waals surface area contributed by atoms with Crippen molar-refractivity contribution in [2.24, 2.45) is 5.41 Å². The second-order valence-corrected chi connectivity index (χ2v) is 4.69. The molecule has 2 aliphatic rings. The van der Waals surface area contributed by atoms with Crippen LogP contribution in [0.5, 0.6) is 0 Å². The minimum Gasteiger partial charge on any atom is -0.290 e. The summed E-state index contributed by atoms with van der Waals surface area (Å²) in [6.45, 7) is 3.94. The summed E-state index contributed by atoms with van der Waals surface area (Å²) >= 11 is 0. The lowest BCUT2D eigenvalue weighted by molar-refractivity contribution is -0.112. The van der Waals surface area contributed by atoms with Crippen molar-refractivity contribution in [2.75, 3.05) is 0 Å². The van der Waals surface area contributed by atoms with E-state index in [2.05, 4.69) is 24.3 Å². The SMILES string of the molecule is C/C=C/C(=O)C1=C(C)C=CCC12CC=CC2. The van der Waals surface area contributed by atoms with Crippen molar-refractivity contribution in [3.63, 3.8) is 0 Å². The molecule has 0 N–H and O–H groups in total. The predicted molar refractivity (Wildman–Crippen MR) is 67.1 cm³/mol. The maximum Gasteiger partial charge on any atom is 0.182 e. The van der Waals surface area contributed by atoms with E-state index in [1.165, 1.54) is 0 Å². The Hall–Kier alpha value is -1.37. The van der Waals surface area contributed by atoms with Gasteiger partial charge in [-0.15, -0.1) is 0 Å². The summed E-state index contributed by atoms with van der Waals surface area (Å²) in [5.41, 5.74) is 2.23. The van der Waals surface area contributed by atoms with Crippen LogP contribution in [0.4, 0.5) is 0 Å². The Morgan fingerprint density at radius 3 is 2.50 bits per heavy atom. The van der Waals surface area contributed by atoms with Gasteiger partial charge in [-0.25, -0.2) is 0 Å². The van der Waals surface area contributed by atoms with Gasteiger partial charge in [0.2, 0.25) is 0 Å². The molecule has 0 saturated carbocycles. The molecule has 0 aromatic heterocycles. The zero-order valence-corrected chi connectivity index (χ0v) is 9.99. The van der Waals surface area contributed by atoms with Gasteiger partial charge in [-0.05, 0) is 44.8 Å². The molecule has 1 nitrogen and oxygen atoms in total. The first kappa shape index (κ1) is 11.1. The zero-order valence-electron chi connectivity index (χ0n) is 9.99. The number of carbonyl (C=O) groups is 1. The largest absolute Gasteiger partial charge is 0.290 e. The summed E-state index contributed by atoms with van der Waals surface area (Å²) in [7, 11) is 0. The number of allylic oxidation sites excluding steroid dienone is 8. The standard InChI is InChI=1S/C15H18O/c1-3-7-13(16)14-12(2)8-6-11-15(14)9-4-5-10-15/h3-8H,9-11H2,1-2H3/b7-3+. The monoisotopic (exact) mass is 214 g/mol. The molecule has 0 atom stereocenters. The maximum atomic E-state index is 12.2. The molecule has 0 saturated heterocycles. The molecule has 2 rings (SSSR count). The van der Waals surface area contributed by atoms with Gasteiger partial charge >= 0.3 is 0 Å². The predicted octanol–water partition coefficient (Wildman–Crippen LogP) is 3.74. The van der Waals surface area contributed by atoms with E-state index in [0.29, 0.717) is 0 Å². The number of hydrogen-bond donors (Lipinski definition) is 0. The Balaban J connectivity index is 2.42. The van der Waals surface area contributed by atoms with Gasteiger partial charge in [-0.2, -0.15) is 0 Å². The van der Waals surface area contributed by atoms with Crippen LogP contribution in [0, 0.1) is 5.41 Å². The van der Waals surface area contributed by atoms with Gasteiger partial charge in [0.05, 0.1) is 0 Å². The van der Waals surface area contributed by atoms with Crippen LogP contribution < -0.4 is 0 Å². The molecule has 0 aromatic rings. The summed E-state index contributed by atoms with van der Waals surface area (Å²) in [6, 6.07) is 0. The van der Waals surface area contributed by atoms with Gasteiger partial charge in [-0.3, -0.25) is 4.79 Å². The molecular weight excluding hydrogens is 196 g/mol. The highest BCUT2D eigenvalue weighted by Crippen LogP contribution is 2.47. The molecule has 0 amide bonds. The van der Waals surface area contributed by atoms with E-state index in [4.69, 9.17) is 0 Å². The Morgan fingerprint density at radius 2 is 1.88 bits per heavy atom. The van der Waals surface area contributed by atoms with E-state index >= 15 is 0 Å². The van der Waals surface area contributed by atoms with Gasteiger partial charge in [0.25, 0.3) is 0 Å². The Bertz CT molecular complexity index is 411. The molecule has 0 heterocycles. The first-order valence-electron chi connectivity index (χ1n) is 5.89. The lowest BCUT2D eigenvalue weighted by Crippen LogP contribution is -2.27. The van der Waals surface area contributed by atoms with E-state index in [0.717, 1.165) is 30.4 Å². The minimum absolute atomic E-state index is 0.0649. The van der Waals surface area contributed by atoms with Crippen LogP contribution in [-0.4, -0.2) is 5.78 Å². The van der Waals surface area contributed by atoms with Crippen LogP contribution in [0.1, 0.15) is 33.1 Å². The third-order valence-corrected chi connectivity index (χ3v) is 3.55. The van der Waals surface area contributed by atoms with Crippen LogP contribution in [-0.2, 0) is 4.79 Å². The van der Waals surface area contributed by atoms with Crippen LogP contribution in [0.15, 0.2) is 47.6 Å². The van der Waals surface area contributed by atoms with Gasteiger partial charge < -0.3 is 0 Å². The Morgan fingerprint density at radius 1 is 1.25 bits per heavy atom. The molecule has 0 bridgehead atoms. The highest BCUT2D eigenvalue weighted by molar-refractivity contribution is 6.06. The van der Waals surface area contributed by atoms with E-state index < -0.39 is 0 Å². The van der Waals surface area contributed by atoms with Crippen LogP contribution in [0.3, 0.4) is 0 Å². The van der Waals surface area contributed by atoms with Gasteiger partial charge in [-0.1, -0.05) is 30.4 Å². The molecule has 16 heavy (non-hydrogen) atoms. The first-order chi connectivity index (χ1) is 7.69. The number of carbonyl (C=O) groups excluding carboxylic acids is 1. The number of rotatable bonds is 2. The summed E-state index contributed by atoms with van der Waals surface area (Å²) in [4.78, 5) is 12.2. The third-order valence-electron chi connectivity index (χ3n) is 3.55. The molecule has 84 valence electrons. The van der Waals surface area contributed by atoms with Crippen molar-refractivity contribution in [3.05, 3.63) is 47.6 Å². The quantitative estimate of drug-likeness (QED) is 0.505. The van der Waals surface area contributed by atoms with Crippen LogP contribution in [0.25, 0.3) is 0 Å². The zero-order chi connectivity index (χ0) is 11.6. The number of hydrogen-bond acceptors (Lipinski definition) is 1. The van der Waals surface area contributed by atoms with Crippen molar-refractivity contribution >= 4 is 5.78 Å². The summed E-state index contributed by atoms with van der Waals surface area (Å²) in [5.74, 6) is 0.188. The molecule has 0 unspecified atom stereocenters. The molecular formula is C15H18O. The lowest BCUT2D eigenvalue weighted by Gasteiger charge is -2.33. The normalized spacial score (nSPS) is 22.6. The van der Waals surface area contributed by atoms with E-state index in [1.54, 1.807) is 6.08 Å². The van der Waals surface area contributed by atoms with Gasteiger partial charge in [0.15, 0.2) is 5.78 Å². The Labute approximate surface area is 97.2 Å². The van der Waals surface area contributed by atoms with Crippen molar-refractivity contribution in [1.29, 1.82) is 0 Å². The Kier molecular flexibility index (Phi) is 2.95. The maximum absolute atomic E-state index is 12.2. The smallest absolute Gasteiger partial charge is 0.182 e. The molecule has 0 aliphatic heterocycles. The average molecular weight is 214 g/mol. The molecule has 0 radical (unpaired) electrons. The third kappa shape index (κ3) is 1.71. The molecule has 0 fully saturated rings. The minimum atomic E-state index is 0.0649. The summed E-state index contributed by atoms with van der Waals surface area (Å²) in [5, 5.41) is 0. The highest BCUT2D eigenvalue weighted by Gasteiger charge is 2.38. The highest BCUT2D eigenvalue weighted by atomic mass is 16.1. The van der Waals surface area contributed by atoms with Crippen molar-refractivity contribution in [1.82, 2.24) is 0 Å². The molecule has 2 aliphatic carbocycles. The van der Waals surface area contributed by atoms with E-state index in [-0.39, 0.29) is 11.2 Å². The first-order valence-corrected chi connectivity index (χ1v) is 5.89. The van der Waals surface area contributed by atoms with Crippen molar-refractivity contribution < 1.29 is 4.79 Å². The second-order valence-electron chi connectivity index (χ2n) is 4.69. The van der Waals surface area contributed by atoms with E-state index in [1.807, 2.05) is 19.9 Å². The van der Waals surface area contributed by atoms with E-state index in [9.17, 15) is 4.79 Å². The summed E-state index contributed by atoms with van der Waals surface area (Å²) < 4.78 is 0. The van der Waals surface area contributed by atoms with Gasteiger partial charge in [0, 0.05) is 11.0 Å². The lowest BCUT2D eigenvalue weighted by atomic mass is 9.69. The van der Waals surface area contributed by atoms with Gasteiger partial charge in [0.1, 0.15) is 0 Å². The fourth-order valence-corrected chi connectivity index (χ4v) is 2.83. The van der Waals surface area contributed by atoms with Crippen LogP contribution >= 0.6 is 0 Å². The van der Waals surface area contributed by atoms with Crippen molar-refractivity contribution in [2.45, 2.75) is 33.1 Å². The topological polar surface area (TPSA) is 17.1 Å². The fraction of sp³-hybridized carbons (Fsp3) is 0.400. The molecule has 1 spiro atoms. The average Bonchev–Trinajstić information content (AvgIpc) is 2.67. The second kappa shape index (κ2) is 4.25. The molecule has 1 heteroatoms. The molecule has 0 aromatic carbocycles. The number of ketones is 1. The summed E-state index contributed by atoms with van der Waals surface area (Å²) in [6.07, 6.45) is 15.2. The fourth-order valence-electron chi connectivity index (χ4n) is 2.83. The van der Waals surface area contributed by atoms with Crippen LogP contribution in [0.2, 0.25) is 0 Å².